The second-order valence-electron chi connectivity index (χ2n) is 11.5. The maximum Gasteiger partial charge on any atom is 0.417 e. The number of nitrogens with zero attached hydrogens (tertiary/aromatic N) is 5. The first-order chi connectivity index (χ1) is 21.1. The van der Waals surface area contributed by atoms with Gasteiger partial charge in [-0.2, -0.15) is 28.1 Å². The summed E-state index contributed by atoms with van der Waals surface area (Å²) >= 11 is 0. The predicted octanol–water partition coefficient (Wildman–Crippen LogP) is 5.19. The number of aromatic nitrogens is 5. The minimum Gasteiger partial charge on any atom is -0.392 e. The number of primary amides is 1. The molecule has 0 saturated carbocycles. The number of alkyl halides is 3. The van der Waals surface area contributed by atoms with Crippen LogP contribution in [0.15, 0.2) is 65.8 Å². The number of nitrogens with one attached hydrogen (secondary N) is 1. The molecule has 0 aliphatic rings. The molecule has 0 aliphatic carbocycles. The van der Waals surface area contributed by atoms with Gasteiger partial charge in [-0.05, 0) is 54.3 Å². The molecule has 1 atom stereocenters. The van der Waals surface area contributed by atoms with Crippen LogP contribution in [0.3, 0.4) is 0 Å². The number of aliphatic hydroxyl groups is 1. The Morgan fingerprint density at radius 3 is 2.38 bits per heavy atom. The fourth-order valence-electron chi connectivity index (χ4n) is 4.93. The summed E-state index contributed by atoms with van der Waals surface area (Å²) in [6.07, 6.45) is -1.16. The van der Waals surface area contributed by atoms with Gasteiger partial charge in [0.15, 0.2) is 0 Å². The smallest absolute Gasteiger partial charge is 0.392 e. The van der Waals surface area contributed by atoms with E-state index in [1.54, 1.807) is 25.1 Å². The second-order valence-corrected chi connectivity index (χ2v) is 11.5. The standard InChI is InChI=1S/C31H29F4N7O3/c1-16(39-25-9-8-18(13-37-25)31(33,34)35)27-20(28(36)44)14-41(40-27)23-6-5-7-24(21(23)15-43)42-29(45)26-17(12-38-42)10-19(11-22(26)32)30(2,3)4/h5-14,16,43H,15H2,1-4H3,(H2,36,44)(H,37,39). The van der Waals surface area contributed by atoms with E-state index in [4.69, 9.17) is 5.73 Å². The molecule has 1 amide bonds. The Labute approximate surface area is 254 Å². The number of carbonyl (C=O) groups is 1. The lowest BCUT2D eigenvalue weighted by molar-refractivity contribution is -0.137. The summed E-state index contributed by atoms with van der Waals surface area (Å²) in [4.78, 5) is 29.7. The maximum absolute atomic E-state index is 15.3. The highest BCUT2D eigenvalue weighted by molar-refractivity contribution is 5.94. The lowest BCUT2D eigenvalue weighted by atomic mass is 9.86. The molecular weight excluding hydrogens is 594 g/mol. The fourth-order valence-corrected chi connectivity index (χ4v) is 4.93. The summed E-state index contributed by atoms with van der Waals surface area (Å²) in [6.45, 7) is 6.80. The molecule has 3 heterocycles. The average Bonchev–Trinajstić information content (AvgIpc) is 3.42. The van der Waals surface area contributed by atoms with Gasteiger partial charge in [-0.1, -0.05) is 26.8 Å². The van der Waals surface area contributed by atoms with Crippen molar-refractivity contribution in [3.63, 3.8) is 0 Å². The quantitative estimate of drug-likeness (QED) is 0.212. The highest BCUT2D eigenvalue weighted by Crippen LogP contribution is 2.31. The van der Waals surface area contributed by atoms with E-state index >= 15 is 4.39 Å². The molecule has 0 spiro atoms. The van der Waals surface area contributed by atoms with Crippen LogP contribution in [0.4, 0.5) is 23.4 Å². The van der Waals surface area contributed by atoms with Crippen molar-refractivity contribution >= 4 is 22.5 Å². The van der Waals surface area contributed by atoms with Gasteiger partial charge in [0.05, 0.1) is 52.4 Å². The second kappa shape index (κ2) is 11.4. The molecule has 0 bridgehead atoms. The van der Waals surface area contributed by atoms with Crippen molar-refractivity contribution in [2.45, 2.75) is 51.9 Å². The molecule has 14 heteroatoms. The van der Waals surface area contributed by atoms with Crippen LogP contribution >= 0.6 is 0 Å². The summed E-state index contributed by atoms with van der Waals surface area (Å²) < 4.78 is 56.3. The fraction of sp³-hybridized carbons (Fsp3) is 0.258. The van der Waals surface area contributed by atoms with Crippen LogP contribution in [0.5, 0.6) is 0 Å². The number of amides is 1. The monoisotopic (exact) mass is 623 g/mol. The number of hydrogen-bond donors (Lipinski definition) is 3. The molecule has 10 nitrogen and oxygen atoms in total. The van der Waals surface area contributed by atoms with Crippen LogP contribution in [-0.4, -0.2) is 35.6 Å². The number of pyridine rings is 1. The average molecular weight is 624 g/mol. The molecule has 4 N–H and O–H groups in total. The SMILES string of the molecule is CC(Nc1ccc(C(F)(F)F)cn1)c1nn(-c2cccc(-n3ncc4cc(C(C)(C)C)cc(F)c4c3=O)c2CO)cc1C(N)=O. The molecule has 0 aliphatic heterocycles. The molecule has 0 radical (unpaired) electrons. The molecule has 2 aromatic carbocycles. The first-order valence-electron chi connectivity index (χ1n) is 13.7. The van der Waals surface area contributed by atoms with E-state index in [0.717, 1.165) is 16.8 Å². The van der Waals surface area contributed by atoms with Crippen molar-refractivity contribution < 1.29 is 27.5 Å². The van der Waals surface area contributed by atoms with E-state index in [2.05, 4.69) is 20.5 Å². The Kier molecular flexibility index (Phi) is 7.96. The predicted molar refractivity (Wildman–Crippen MR) is 159 cm³/mol. The summed E-state index contributed by atoms with van der Waals surface area (Å²) in [5.41, 5.74) is 5.04. The third-order valence-corrected chi connectivity index (χ3v) is 7.34. The van der Waals surface area contributed by atoms with Gasteiger partial charge >= 0.3 is 6.18 Å². The van der Waals surface area contributed by atoms with Crippen LogP contribution < -0.4 is 16.6 Å². The summed E-state index contributed by atoms with van der Waals surface area (Å²) in [7, 11) is 0. The Morgan fingerprint density at radius 2 is 1.78 bits per heavy atom. The third-order valence-electron chi connectivity index (χ3n) is 7.34. The lowest BCUT2D eigenvalue weighted by Gasteiger charge is -2.20. The van der Waals surface area contributed by atoms with Gasteiger partial charge in [0.25, 0.3) is 11.5 Å². The normalized spacial score (nSPS) is 12.8. The Hall–Kier alpha value is -5.11. The zero-order valence-corrected chi connectivity index (χ0v) is 24.6. The number of carbonyl (C=O) groups excluding carboxylic acids is 1. The van der Waals surface area contributed by atoms with Crippen LogP contribution in [0.25, 0.3) is 22.1 Å². The zero-order valence-electron chi connectivity index (χ0n) is 24.6. The van der Waals surface area contributed by atoms with E-state index in [-0.39, 0.29) is 44.8 Å². The first kappa shape index (κ1) is 31.3. The maximum atomic E-state index is 15.3. The van der Waals surface area contributed by atoms with Gasteiger partial charge in [0.2, 0.25) is 0 Å². The molecule has 0 saturated heterocycles. The van der Waals surface area contributed by atoms with Crippen LogP contribution in [0.2, 0.25) is 0 Å². The third kappa shape index (κ3) is 6.00. The summed E-state index contributed by atoms with van der Waals surface area (Å²) in [5.74, 6) is -1.43. The summed E-state index contributed by atoms with van der Waals surface area (Å²) in [6, 6.07) is 8.98. The van der Waals surface area contributed by atoms with Crippen LogP contribution in [0.1, 0.15) is 66.5 Å². The zero-order chi connectivity index (χ0) is 32.8. The first-order valence-corrected chi connectivity index (χ1v) is 13.7. The van der Waals surface area contributed by atoms with Crippen molar-refractivity contribution in [2.24, 2.45) is 5.73 Å². The Morgan fingerprint density at radius 1 is 1.07 bits per heavy atom. The number of aliphatic hydroxyl groups excluding tert-OH is 1. The van der Waals surface area contributed by atoms with Gasteiger partial charge in [-0.25, -0.2) is 14.1 Å². The summed E-state index contributed by atoms with van der Waals surface area (Å²) in [5, 5.41) is 22.2. The topological polar surface area (TPSA) is 141 Å². The van der Waals surface area contributed by atoms with Gasteiger partial charge in [0, 0.05) is 23.3 Å². The number of anilines is 1. The molecule has 5 rings (SSSR count). The minimum atomic E-state index is -4.55. The molecular formula is C31H29F4N7O3. The van der Waals surface area contributed by atoms with E-state index < -0.39 is 41.7 Å². The number of halogens is 4. The van der Waals surface area contributed by atoms with Crippen LogP contribution in [0, 0.1) is 5.82 Å². The Bertz CT molecular complexity index is 1980. The van der Waals surface area contributed by atoms with E-state index in [9.17, 15) is 27.9 Å². The molecule has 3 aromatic heterocycles. The van der Waals surface area contributed by atoms with Gasteiger partial charge in [0.1, 0.15) is 11.6 Å². The highest BCUT2D eigenvalue weighted by atomic mass is 19.4. The Balaban J connectivity index is 1.56. The van der Waals surface area contributed by atoms with E-state index in [1.807, 2.05) is 20.8 Å². The molecule has 234 valence electrons. The number of hydrogen-bond acceptors (Lipinski definition) is 7. The highest BCUT2D eigenvalue weighted by Gasteiger charge is 2.31. The lowest BCUT2D eigenvalue weighted by Crippen LogP contribution is -2.24. The van der Waals surface area contributed by atoms with Gasteiger partial charge in [-0.15, -0.1) is 0 Å². The van der Waals surface area contributed by atoms with Crippen molar-refractivity contribution in [3.05, 3.63) is 105 Å². The number of benzene rings is 2. The number of nitrogens with two attached hydrogens (primary N) is 1. The number of fused-ring (bicyclic) bond motifs is 1. The largest absolute Gasteiger partial charge is 0.417 e. The van der Waals surface area contributed by atoms with Crippen molar-refractivity contribution in [3.8, 4) is 11.4 Å². The molecule has 45 heavy (non-hydrogen) atoms. The van der Waals surface area contributed by atoms with Gasteiger partial charge in [-0.3, -0.25) is 9.59 Å². The van der Waals surface area contributed by atoms with Crippen molar-refractivity contribution in [1.29, 1.82) is 0 Å². The molecule has 1 unspecified atom stereocenters. The number of rotatable bonds is 7. The molecule has 0 fully saturated rings. The van der Waals surface area contributed by atoms with Crippen LogP contribution in [-0.2, 0) is 18.2 Å². The minimum absolute atomic E-state index is 0.00562. The van der Waals surface area contributed by atoms with Crippen molar-refractivity contribution in [1.82, 2.24) is 24.5 Å². The van der Waals surface area contributed by atoms with E-state index in [0.29, 0.717) is 17.1 Å². The van der Waals surface area contributed by atoms with E-state index in [1.165, 1.54) is 29.2 Å². The van der Waals surface area contributed by atoms with Gasteiger partial charge < -0.3 is 16.2 Å². The molecule has 5 aromatic rings. The van der Waals surface area contributed by atoms with Crippen molar-refractivity contribution in [2.75, 3.05) is 5.32 Å².